The summed E-state index contributed by atoms with van der Waals surface area (Å²) in [4.78, 5) is 11.8. The highest BCUT2D eigenvalue weighted by Crippen LogP contribution is 2.08. The molecule has 0 aliphatic carbocycles. The molecule has 2 nitrogen and oxygen atoms in total. The zero-order chi connectivity index (χ0) is 16.5. The molecule has 0 radical (unpaired) electrons. The molecule has 2 rings (SSSR count). The van der Waals surface area contributed by atoms with Gasteiger partial charge in [-0.05, 0) is 7.05 Å². The second kappa shape index (κ2) is 16.6. The predicted octanol–water partition coefficient (Wildman–Crippen LogP) is 4.97. The molecule has 0 spiro atoms. The van der Waals surface area contributed by atoms with Gasteiger partial charge in [0.2, 0.25) is 0 Å². The molecule has 0 aliphatic heterocycles. The zero-order valence-corrected chi connectivity index (χ0v) is 14.9. The van der Waals surface area contributed by atoms with Gasteiger partial charge in [0, 0.05) is 11.1 Å². The van der Waals surface area contributed by atoms with Gasteiger partial charge in [0.1, 0.15) is 0 Å². The first-order valence-electron chi connectivity index (χ1n) is 7.31. The van der Waals surface area contributed by atoms with Crippen molar-refractivity contribution in [3.8, 4) is 0 Å². The van der Waals surface area contributed by atoms with Gasteiger partial charge in [0.05, 0.1) is 0 Å². The highest BCUT2D eigenvalue weighted by molar-refractivity contribution is 7.13. The maximum Gasteiger partial charge on any atom is 0.193 e. The van der Waals surface area contributed by atoms with E-state index < -0.39 is 0 Å². The van der Waals surface area contributed by atoms with Crippen molar-refractivity contribution in [3.63, 3.8) is 0 Å². The Morgan fingerprint density at radius 1 is 0.762 bits per heavy atom. The summed E-state index contributed by atoms with van der Waals surface area (Å²) in [5.74, 6) is 0.0752. The number of carbonyl (C=O) groups is 1. The van der Waals surface area contributed by atoms with Crippen LogP contribution in [0.4, 0.5) is 0 Å². The first-order chi connectivity index (χ1) is 10.3. The highest BCUT2D eigenvalue weighted by atomic mass is 31.0. The molecular weight excluding hydrogens is 277 g/mol. The van der Waals surface area contributed by atoms with E-state index in [0.29, 0.717) is 0 Å². The summed E-state index contributed by atoms with van der Waals surface area (Å²) in [7, 11) is 4.17. The molecule has 21 heavy (non-hydrogen) atoms. The van der Waals surface area contributed by atoms with E-state index in [4.69, 9.17) is 0 Å². The van der Waals surface area contributed by atoms with E-state index in [-0.39, 0.29) is 5.78 Å². The fourth-order valence-corrected chi connectivity index (χ4v) is 1.35. The number of hydrogen-bond acceptors (Lipinski definition) is 2. The molecule has 0 bridgehead atoms. The Balaban J connectivity index is 0. The second-order valence-corrected chi connectivity index (χ2v) is 3.93. The lowest BCUT2D eigenvalue weighted by Gasteiger charge is -1.99. The Morgan fingerprint density at radius 3 is 1.24 bits per heavy atom. The summed E-state index contributed by atoms with van der Waals surface area (Å²) in [6.07, 6.45) is 0. The van der Waals surface area contributed by atoms with Gasteiger partial charge in [0.25, 0.3) is 0 Å². The van der Waals surface area contributed by atoms with Gasteiger partial charge in [0.15, 0.2) is 5.78 Å². The van der Waals surface area contributed by atoms with Crippen molar-refractivity contribution in [2.45, 2.75) is 27.7 Å². The molecule has 0 amide bonds. The SMILES string of the molecule is CC.CC.CNP.O=C(c1ccccc1)c1ccccc1. The Bertz CT molecular complexity index is 402. The van der Waals surface area contributed by atoms with Crippen LogP contribution in [0.5, 0.6) is 0 Å². The van der Waals surface area contributed by atoms with Gasteiger partial charge in [-0.25, -0.2) is 0 Å². The molecule has 0 aliphatic rings. The number of benzene rings is 2. The van der Waals surface area contributed by atoms with Crippen molar-refractivity contribution >= 4 is 15.2 Å². The number of hydrogen-bond donors (Lipinski definition) is 1. The Kier molecular flexibility index (Phi) is 17.2. The number of ketones is 1. The number of carbonyl (C=O) groups excluding carboxylic acids is 1. The lowest BCUT2D eigenvalue weighted by Crippen LogP contribution is -1.99. The molecule has 2 aromatic carbocycles. The zero-order valence-electron chi connectivity index (χ0n) is 13.8. The van der Waals surface area contributed by atoms with Crippen molar-refractivity contribution in [3.05, 3.63) is 71.8 Å². The fourth-order valence-electron chi connectivity index (χ4n) is 1.35. The molecule has 1 unspecified atom stereocenters. The summed E-state index contributed by atoms with van der Waals surface area (Å²) in [5, 5.41) is 2.67. The lowest BCUT2D eigenvalue weighted by molar-refractivity contribution is 0.103. The fraction of sp³-hybridized carbons (Fsp3) is 0.278. The van der Waals surface area contributed by atoms with Crippen LogP contribution in [-0.2, 0) is 0 Å². The molecule has 0 saturated carbocycles. The van der Waals surface area contributed by atoms with E-state index in [2.05, 4.69) is 14.5 Å². The van der Waals surface area contributed by atoms with Crippen molar-refractivity contribution in [1.82, 2.24) is 5.09 Å². The van der Waals surface area contributed by atoms with Gasteiger partial charge in [-0.2, -0.15) is 0 Å². The average Bonchev–Trinajstić information content (AvgIpc) is 2.60. The summed E-state index contributed by atoms with van der Waals surface area (Å²) in [6, 6.07) is 18.6. The molecule has 3 heteroatoms. The van der Waals surface area contributed by atoms with Crippen molar-refractivity contribution in [1.29, 1.82) is 0 Å². The molecule has 0 fully saturated rings. The Hall–Kier alpha value is -1.50. The number of rotatable bonds is 2. The Labute approximate surface area is 132 Å². The molecule has 116 valence electrons. The normalized spacial score (nSPS) is 7.90. The summed E-state index contributed by atoms with van der Waals surface area (Å²) in [6.45, 7) is 8.00. The van der Waals surface area contributed by atoms with Crippen LogP contribution in [0, 0.1) is 0 Å². The standard InChI is InChI=1S/C13H10O.2C2H6.CH6NP/c14-13(11-7-3-1-4-8-11)12-9-5-2-6-10-12;2*1-2;1-2-3/h1-10H;2*1-2H3;2H,3H2,1H3. The summed E-state index contributed by atoms with van der Waals surface area (Å²) in [5.41, 5.74) is 1.47. The average molecular weight is 305 g/mol. The van der Waals surface area contributed by atoms with Gasteiger partial charge in [-0.1, -0.05) is 97.7 Å². The smallest absolute Gasteiger partial charge is 0.193 e. The van der Waals surface area contributed by atoms with Crippen LogP contribution in [0.25, 0.3) is 0 Å². The van der Waals surface area contributed by atoms with Crippen LogP contribution in [0.15, 0.2) is 60.7 Å². The third kappa shape index (κ3) is 9.95. The van der Waals surface area contributed by atoms with Crippen molar-refractivity contribution in [2.24, 2.45) is 0 Å². The van der Waals surface area contributed by atoms with E-state index in [1.165, 1.54) is 0 Å². The largest absolute Gasteiger partial charge is 0.304 e. The minimum Gasteiger partial charge on any atom is -0.304 e. The van der Waals surface area contributed by atoms with E-state index >= 15 is 0 Å². The van der Waals surface area contributed by atoms with Crippen molar-refractivity contribution < 1.29 is 4.79 Å². The summed E-state index contributed by atoms with van der Waals surface area (Å²) < 4.78 is 0. The predicted molar refractivity (Wildman–Crippen MR) is 97.8 cm³/mol. The lowest BCUT2D eigenvalue weighted by atomic mass is 10.0. The maximum absolute atomic E-state index is 11.8. The molecular formula is C18H28NOP. The highest BCUT2D eigenvalue weighted by Gasteiger charge is 2.06. The third-order valence-electron chi connectivity index (χ3n) is 2.07. The Morgan fingerprint density at radius 2 is 1.00 bits per heavy atom. The van der Waals surface area contributed by atoms with E-state index in [1.807, 2.05) is 95.4 Å². The molecule has 1 atom stereocenters. The monoisotopic (exact) mass is 305 g/mol. The third-order valence-corrected chi connectivity index (χ3v) is 2.07. The van der Waals surface area contributed by atoms with Gasteiger partial charge in [-0.15, -0.1) is 0 Å². The molecule has 0 heterocycles. The molecule has 0 aromatic heterocycles. The van der Waals surface area contributed by atoms with Crippen LogP contribution >= 0.6 is 9.39 Å². The minimum absolute atomic E-state index is 0.0752. The first kappa shape index (κ1) is 21.8. The topological polar surface area (TPSA) is 29.1 Å². The quantitative estimate of drug-likeness (QED) is 0.627. The minimum atomic E-state index is 0.0752. The van der Waals surface area contributed by atoms with Gasteiger partial charge in [-0.3, -0.25) is 4.79 Å². The maximum atomic E-state index is 11.8. The van der Waals surface area contributed by atoms with Crippen LogP contribution in [0.3, 0.4) is 0 Å². The van der Waals surface area contributed by atoms with Crippen LogP contribution in [-0.4, -0.2) is 12.8 Å². The number of nitrogens with one attached hydrogen (secondary N) is 1. The van der Waals surface area contributed by atoms with E-state index in [0.717, 1.165) is 11.1 Å². The van der Waals surface area contributed by atoms with Crippen molar-refractivity contribution in [2.75, 3.05) is 7.05 Å². The second-order valence-electron chi connectivity index (χ2n) is 3.35. The van der Waals surface area contributed by atoms with E-state index in [9.17, 15) is 4.79 Å². The summed E-state index contributed by atoms with van der Waals surface area (Å²) >= 11 is 0. The van der Waals surface area contributed by atoms with E-state index in [1.54, 1.807) is 0 Å². The molecule has 1 N–H and O–H groups in total. The van der Waals surface area contributed by atoms with Gasteiger partial charge >= 0.3 is 0 Å². The van der Waals surface area contributed by atoms with Gasteiger partial charge < -0.3 is 5.09 Å². The first-order valence-corrected chi connectivity index (χ1v) is 7.89. The van der Waals surface area contributed by atoms with Crippen LogP contribution < -0.4 is 5.09 Å². The van der Waals surface area contributed by atoms with Crippen LogP contribution in [0.2, 0.25) is 0 Å². The van der Waals surface area contributed by atoms with Crippen LogP contribution in [0.1, 0.15) is 43.6 Å². The molecule has 2 aromatic rings. The molecule has 0 saturated heterocycles.